The van der Waals surface area contributed by atoms with Crippen molar-refractivity contribution in [1.29, 1.82) is 0 Å². The maximum Gasteiger partial charge on any atom is 0.224 e. The van der Waals surface area contributed by atoms with Gasteiger partial charge in [0.2, 0.25) is 5.95 Å². The van der Waals surface area contributed by atoms with Crippen LogP contribution in [0.2, 0.25) is 5.02 Å². The van der Waals surface area contributed by atoms with E-state index in [1.807, 2.05) is 24.3 Å². The largest absolute Gasteiger partial charge is 0.357 e. The number of fused-ring (bicyclic) bond motifs is 1. The number of para-hydroxylation sites is 1. The predicted molar refractivity (Wildman–Crippen MR) is 83.8 cm³/mol. The SMILES string of the molecule is CNc1nc(Nc2ccc(F)c(Cl)c2)c2ccccc2n1. The zero-order valence-electron chi connectivity index (χ0n) is 11.2. The molecule has 4 nitrogen and oxygen atoms in total. The lowest BCUT2D eigenvalue weighted by Gasteiger charge is -2.11. The van der Waals surface area contributed by atoms with Crippen LogP contribution in [0.3, 0.4) is 0 Å². The molecule has 0 radical (unpaired) electrons. The molecule has 2 aromatic carbocycles. The molecule has 0 aliphatic rings. The van der Waals surface area contributed by atoms with Gasteiger partial charge in [0.05, 0.1) is 10.5 Å². The van der Waals surface area contributed by atoms with Crippen LogP contribution in [0, 0.1) is 5.82 Å². The van der Waals surface area contributed by atoms with E-state index in [0.29, 0.717) is 17.5 Å². The summed E-state index contributed by atoms with van der Waals surface area (Å²) in [4.78, 5) is 8.78. The maximum absolute atomic E-state index is 13.2. The number of nitrogens with zero attached hydrogens (tertiary/aromatic N) is 2. The van der Waals surface area contributed by atoms with Gasteiger partial charge in [-0.1, -0.05) is 23.7 Å². The highest BCUT2D eigenvalue weighted by atomic mass is 35.5. The number of hydrogen-bond donors (Lipinski definition) is 2. The normalized spacial score (nSPS) is 10.6. The first-order valence-electron chi connectivity index (χ1n) is 6.34. The number of nitrogens with one attached hydrogen (secondary N) is 2. The van der Waals surface area contributed by atoms with Gasteiger partial charge < -0.3 is 10.6 Å². The van der Waals surface area contributed by atoms with Crippen molar-refractivity contribution < 1.29 is 4.39 Å². The standard InChI is InChI=1S/C15H12ClFN4/c1-18-15-20-13-5-3-2-4-10(13)14(21-15)19-9-6-7-12(17)11(16)8-9/h2-8H,1H3,(H2,18,19,20,21). The fourth-order valence-electron chi connectivity index (χ4n) is 1.99. The Morgan fingerprint density at radius 3 is 2.67 bits per heavy atom. The Hall–Kier alpha value is -2.40. The lowest BCUT2D eigenvalue weighted by atomic mass is 10.2. The number of anilines is 3. The van der Waals surface area contributed by atoms with Gasteiger partial charge in [0.15, 0.2) is 0 Å². The van der Waals surface area contributed by atoms with Crippen molar-refractivity contribution in [2.24, 2.45) is 0 Å². The minimum atomic E-state index is -0.453. The number of halogens is 2. The van der Waals surface area contributed by atoms with Gasteiger partial charge in [-0.05, 0) is 30.3 Å². The first kappa shape index (κ1) is 13.6. The number of hydrogen-bond acceptors (Lipinski definition) is 4. The van der Waals surface area contributed by atoms with Crippen LogP contribution in [0.1, 0.15) is 0 Å². The van der Waals surface area contributed by atoms with E-state index < -0.39 is 5.82 Å². The molecule has 0 fully saturated rings. The van der Waals surface area contributed by atoms with E-state index in [2.05, 4.69) is 20.6 Å². The monoisotopic (exact) mass is 302 g/mol. The summed E-state index contributed by atoms with van der Waals surface area (Å²) in [5.41, 5.74) is 1.47. The molecule has 1 aromatic heterocycles. The van der Waals surface area contributed by atoms with Crippen LogP contribution in [0.4, 0.5) is 21.8 Å². The molecule has 0 aliphatic carbocycles. The van der Waals surface area contributed by atoms with Crippen molar-refractivity contribution in [1.82, 2.24) is 9.97 Å². The van der Waals surface area contributed by atoms with E-state index in [0.717, 1.165) is 10.9 Å². The number of rotatable bonds is 3. The summed E-state index contributed by atoms with van der Waals surface area (Å²) in [7, 11) is 1.75. The number of aromatic nitrogens is 2. The molecule has 0 spiro atoms. The molecule has 21 heavy (non-hydrogen) atoms. The van der Waals surface area contributed by atoms with Gasteiger partial charge in [-0.25, -0.2) is 9.37 Å². The fraction of sp³-hybridized carbons (Fsp3) is 0.0667. The summed E-state index contributed by atoms with van der Waals surface area (Å²) in [5, 5.41) is 7.00. The topological polar surface area (TPSA) is 49.8 Å². The molecule has 0 saturated heterocycles. The Morgan fingerprint density at radius 2 is 1.90 bits per heavy atom. The first-order valence-corrected chi connectivity index (χ1v) is 6.72. The average molecular weight is 303 g/mol. The molecule has 0 amide bonds. The van der Waals surface area contributed by atoms with Gasteiger partial charge >= 0.3 is 0 Å². The zero-order valence-corrected chi connectivity index (χ0v) is 11.9. The zero-order chi connectivity index (χ0) is 14.8. The van der Waals surface area contributed by atoms with Crippen LogP contribution in [-0.4, -0.2) is 17.0 Å². The van der Waals surface area contributed by atoms with E-state index in [1.165, 1.54) is 12.1 Å². The van der Waals surface area contributed by atoms with Crippen LogP contribution in [0.5, 0.6) is 0 Å². The molecule has 0 saturated carbocycles. The van der Waals surface area contributed by atoms with E-state index >= 15 is 0 Å². The van der Waals surface area contributed by atoms with Crippen molar-refractivity contribution in [3.63, 3.8) is 0 Å². The van der Waals surface area contributed by atoms with Crippen molar-refractivity contribution >= 4 is 40.0 Å². The number of benzene rings is 2. The molecule has 0 unspecified atom stereocenters. The third-order valence-electron chi connectivity index (χ3n) is 3.01. The second kappa shape index (κ2) is 5.54. The summed E-state index contributed by atoms with van der Waals surface area (Å²) in [5.74, 6) is 0.683. The van der Waals surface area contributed by atoms with Crippen molar-refractivity contribution in [2.45, 2.75) is 0 Å². The van der Waals surface area contributed by atoms with Crippen LogP contribution in [0.15, 0.2) is 42.5 Å². The minimum absolute atomic E-state index is 0.0622. The highest BCUT2D eigenvalue weighted by Gasteiger charge is 2.08. The van der Waals surface area contributed by atoms with Gasteiger partial charge in [-0.15, -0.1) is 0 Å². The highest BCUT2D eigenvalue weighted by molar-refractivity contribution is 6.31. The molecular weight excluding hydrogens is 291 g/mol. The molecule has 106 valence electrons. The smallest absolute Gasteiger partial charge is 0.224 e. The van der Waals surface area contributed by atoms with Crippen molar-refractivity contribution in [2.75, 3.05) is 17.7 Å². The molecule has 2 N–H and O–H groups in total. The van der Waals surface area contributed by atoms with E-state index in [1.54, 1.807) is 13.1 Å². The lowest BCUT2D eigenvalue weighted by Crippen LogP contribution is -2.02. The average Bonchev–Trinajstić information content (AvgIpc) is 2.51. The Balaban J connectivity index is 2.08. The highest BCUT2D eigenvalue weighted by Crippen LogP contribution is 2.27. The lowest BCUT2D eigenvalue weighted by molar-refractivity contribution is 0.628. The molecular formula is C15H12ClFN4. The summed E-state index contributed by atoms with van der Waals surface area (Å²) >= 11 is 5.80. The second-order valence-electron chi connectivity index (χ2n) is 4.42. The minimum Gasteiger partial charge on any atom is -0.357 e. The Morgan fingerprint density at radius 1 is 1.10 bits per heavy atom. The molecule has 3 aromatic rings. The van der Waals surface area contributed by atoms with Crippen molar-refractivity contribution in [3.8, 4) is 0 Å². The summed E-state index contributed by atoms with van der Waals surface area (Å²) in [6.45, 7) is 0. The summed E-state index contributed by atoms with van der Waals surface area (Å²) in [6.07, 6.45) is 0. The molecule has 0 aliphatic heterocycles. The van der Waals surface area contributed by atoms with Crippen LogP contribution < -0.4 is 10.6 Å². The summed E-state index contributed by atoms with van der Waals surface area (Å²) < 4.78 is 13.2. The van der Waals surface area contributed by atoms with Crippen LogP contribution in [-0.2, 0) is 0 Å². The van der Waals surface area contributed by atoms with Gasteiger partial charge in [-0.3, -0.25) is 0 Å². The predicted octanol–water partition coefficient (Wildman–Crippen LogP) is 4.21. The van der Waals surface area contributed by atoms with E-state index in [-0.39, 0.29) is 5.02 Å². The third-order valence-corrected chi connectivity index (χ3v) is 3.30. The van der Waals surface area contributed by atoms with Gasteiger partial charge in [0.1, 0.15) is 11.6 Å². The van der Waals surface area contributed by atoms with Crippen molar-refractivity contribution in [3.05, 3.63) is 53.3 Å². The fourth-order valence-corrected chi connectivity index (χ4v) is 2.17. The molecule has 6 heteroatoms. The summed E-state index contributed by atoms with van der Waals surface area (Å²) in [6, 6.07) is 12.1. The Kier molecular flexibility index (Phi) is 3.58. The quantitative estimate of drug-likeness (QED) is 0.761. The van der Waals surface area contributed by atoms with E-state index in [9.17, 15) is 4.39 Å². The molecule has 0 bridgehead atoms. The van der Waals surface area contributed by atoms with Crippen LogP contribution >= 0.6 is 11.6 Å². The van der Waals surface area contributed by atoms with Crippen LogP contribution in [0.25, 0.3) is 10.9 Å². The maximum atomic E-state index is 13.2. The second-order valence-corrected chi connectivity index (χ2v) is 4.82. The van der Waals surface area contributed by atoms with Gasteiger partial charge in [0.25, 0.3) is 0 Å². The first-order chi connectivity index (χ1) is 10.2. The van der Waals surface area contributed by atoms with E-state index in [4.69, 9.17) is 11.6 Å². The molecule has 3 rings (SSSR count). The third kappa shape index (κ3) is 2.73. The van der Waals surface area contributed by atoms with Gasteiger partial charge in [0, 0.05) is 18.1 Å². The Labute approximate surface area is 126 Å². The van der Waals surface area contributed by atoms with Gasteiger partial charge in [-0.2, -0.15) is 4.98 Å². The molecule has 0 atom stereocenters. The molecule has 1 heterocycles. The Bertz CT molecular complexity index is 807.